The highest BCUT2D eigenvalue weighted by atomic mass is 32.2. The first kappa shape index (κ1) is 15.7. The van der Waals surface area contributed by atoms with Gasteiger partial charge in [-0.3, -0.25) is 0 Å². The van der Waals surface area contributed by atoms with Crippen molar-refractivity contribution >= 4 is 10.0 Å². The van der Waals surface area contributed by atoms with Crippen LogP contribution in [0.5, 0.6) is 0 Å². The van der Waals surface area contributed by atoms with Crippen LogP contribution >= 0.6 is 0 Å². The van der Waals surface area contributed by atoms with Crippen LogP contribution in [-0.4, -0.2) is 43.3 Å². The van der Waals surface area contributed by atoms with Gasteiger partial charge in [-0.1, -0.05) is 13.3 Å². The molecule has 0 bridgehead atoms. The minimum absolute atomic E-state index is 0.217. The number of nitrogens with zero attached hydrogens (tertiary/aromatic N) is 1. The first-order valence-corrected chi connectivity index (χ1v) is 7.52. The fourth-order valence-corrected chi connectivity index (χ4v) is 3.77. The van der Waals surface area contributed by atoms with Gasteiger partial charge in [0.25, 0.3) is 0 Å². The number of hydrogen-bond donors (Lipinski definition) is 1. The summed E-state index contributed by atoms with van der Waals surface area (Å²) >= 11 is 0. The molecule has 0 aromatic carbocycles. The van der Waals surface area contributed by atoms with Crippen molar-refractivity contribution < 1.29 is 21.6 Å². The Balaban J connectivity index is 2.39. The lowest BCUT2D eigenvalue weighted by atomic mass is 9.89. The zero-order valence-corrected chi connectivity index (χ0v) is 11.1. The molecule has 108 valence electrons. The van der Waals surface area contributed by atoms with Gasteiger partial charge >= 0.3 is 6.18 Å². The average Bonchev–Trinajstić information content (AvgIpc) is 2.11. The topological polar surface area (TPSA) is 63.4 Å². The van der Waals surface area contributed by atoms with Crippen molar-refractivity contribution in [3.05, 3.63) is 0 Å². The molecule has 1 saturated heterocycles. The van der Waals surface area contributed by atoms with Crippen molar-refractivity contribution in [3.8, 4) is 0 Å². The van der Waals surface area contributed by atoms with Crippen LogP contribution in [-0.2, 0) is 10.0 Å². The van der Waals surface area contributed by atoms with Crippen LogP contribution in [0.25, 0.3) is 0 Å². The number of nitrogens with two attached hydrogens (primary N) is 1. The van der Waals surface area contributed by atoms with Crippen LogP contribution in [0.15, 0.2) is 0 Å². The SMILES string of the molecule is CCCC1(N)CN(S(=O)(=O)CCCC(F)(F)F)C1. The third-order valence-electron chi connectivity index (χ3n) is 2.99. The lowest BCUT2D eigenvalue weighted by molar-refractivity contribution is -0.134. The summed E-state index contributed by atoms with van der Waals surface area (Å²) < 4.78 is 60.3. The van der Waals surface area contributed by atoms with Gasteiger partial charge in [-0.2, -0.15) is 17.5 Å². The molecule has 1 rings (SSSR count). The van der Waals surface area contributed by atoms with Crippen molar-refractivity contribution in [3.63, 3.8) is 0 Å². The van der Waals surface area contributed by atoms with E-state index in [1.807, 2.05) is 6.92 Å². The van der Waals surface area contributed by atoms with Gasteiger partial charge in [0.05, 0.1) is 5.75 Å². The van der Waals surface area contributed by atoms with Crippen LogP contribution in [0.4, 0.5) is 13.2 Å². The van der Waals surface area contributed by atoms with Crippen molar-refractivity contribution in [1.82, 2.24) is 4.31 Å². The molecule has 1 heterocycles. The van der Waals surface area contributed by atoms with Gasteiger partial charge < -0.3 is 5.73 Å². The van der Waals surface area contributed by atoms with E-state index in [4.69, 9.17) is 5.73 Å². The van der Waals surface area contributed by atoms with E-state index in [1.54, 1.807) is 0 Å². The summed E-state index contributed by atoms with van der Waals surface area (Å²) in [5.74, 6) is -0.464. The second kappa shape index (κ2) is 5.34. The standard InChI is InChI=1S/C10H19F3N2O2S/c1-2-4-9(14)7-15(8-9)18(16,17)6-3-5-10(11,12)13/h2-8,14H2,1H3. The molecule has 1 aliphatic rings. The summed E-state index contributed by atoms with van der Waals surface area (Å²) in [6.45, 7) is 2.39. The molecule has 1 aliphatic heterocycles. The minimum Gasteiger partial charge on any atom is -0.323 e. The fourth-order valence-electron chi connectivity index (χ4n) is 2.09. The van der Waals surface area contributed by atoms with E-state index in [0.717, 1.165) is 12.8 Å². The Kier molecular flexibility index (Phi) is 4.66. The summed E-state index contributed by atoms with van der Waals surface area (Å²) in [5.41, 5.74) is 5.42. The molecule has 0 radical (unpaired) electrons. The fraction of sp³-hybridized carbons (Fsp3) is 1.00. The third-order valence-corrected chi connectivity index (χ3v) is 4.84. The highest BCUT2D eigenvalue weighted by molar-refractivity contribution is 7.89. The van der Waals surface area contributed by atoms with Crippen molar-refractivity contribution in [2.24, 2.45) is 5.73 Å². The first-order chi connectivity index (χ1) is 8.08. The molecule has 0 saturated carbocycles. The third kappa shape index (κ3) is 4.40. The molecule has 0 amide bonds. The molecule has 0 aromatic rings. The highest BCUT2D eigenvalue weighted by Crippen LogP contribution is 2.27. The molecule has 0 unspecified atom stereocenters. The summed E-state index contributed by atoms with van der Waals surface area (Å²) in [4.78, 5) is 0. The lowest BCUT2D eigenvalue weighted by Gasteiger charge is -2.46. The Labute approximate surface area is 105 Å². The average molecular weight is 288 g/mol. The number of hydrogen-bond acceptors (Lipinski definition) is 3. The molecule has 8 heteroatoms. The molecule has 0 spiro atoms. The molecule has 18 heavy (non-hydrogen) atoms. The van der Waals surface area contributed by atoms with E-state index in [0.29, 0.717) is 0 Å². The van der Waals surface area contributed by atoms with Gasteiger partial charge in [0.1, 0.15) is 0 Å². The van der Waals surface area contributed by atoms with E-state index in [2.05, 4.69) is 0 Å². The molecule has 0 aromatic heterocycles. The summed E-state index contributed by atoms with van der Waals surface area (Å²) in [5, 5.41) is 0. The minimum atomic E-state index is -4.30. The Morgan fingerprint density at radius 3 is 2.33 bits per heavy atom. The summed E-state index contributed by atoms with van der Waals surface area (Å²) in [7, 11) is -3.58. The second-order valence-electron chi connectivity index (χ2n) is 4.92. The number of sulfonamides is 1. The number of alkyl halides is 3. The molecule has 0 aliphatic carbocycles. The smallest absolute Gasteiger partial charge is 0.323 e. The molecular weight excluding hydrogens is 269 g/mol. The Bertz CT molecular complexity index is 375. The van der Waals surface area contributed by atoms with Gasteiger partial charge in [0, 0.05) is 25.0 Å². The molecular formula is C10H19F3N2O2S. The van der Waals surface area contributed by atoms with Crippen LogP contribution in [0.3, 0.4) is 0 Å². The zero-order chi connectivity index (χ0) is 14.0. The van der Waals surface area contributed by atoms with Crippen LogP contribution in [0, 0.1) is 0 Å². The molecule has 0 atom stereocenters. The normalized spacial score (nSPS) is 20.7. The highest BCUT2D eigenvalue weighted by Gasteiger charge is 2.44. The van der Waals surface area contributed by atoms with Gasteiger partial charge in [0.2, 0.25) is 10.0 Å². The van der Waals surface area contributed by atoms with E-state index in [9.17, 15) is 21.6 Å². The molecule has 1 fully saturated rings. The second-order valence-corrected chi connectivity index (χ2v) is 7.00. The van der Waals surface area contributed by atoms with Gasteiger partial charge in [0.15, 0.2) is 0 Å². The Morgan fingerprint density at radius 2 is 1.89 bits per heavy atom. The molecule has 4 nitrogen and oxygen atoms in total. The summed E-state index contributed by atoms with van der Waals surface area (Å²) in [6, 6.07) is 0. The van der Waals surface area contributed by atoms with Crippen molar-refractivity contribution in [2.45, 2.75) is 44.3 Å². The zero-order valence-electron chi connectivity index (χ0n) is 10.3. The largest absolute Gasteiger partial charge is 0.389 e. The maximum atomic E-state index is 11.9. The van der Waals surface area contributed by atoms with E-state index in [-0.39, 0.29) is 13.1 Å². The van der Waals surface area contributed by atoms with Crippen molar-refractivity contribution in [2.75, 3.05) is 18.8 Å². The predicted molar refractivity (Wildman–Crippen MR) is 62.5 cm³/mol. The molecule has 2 N–H and O–H groups in total. The Hall–Kier alpha value is -0.340. The van der Waals surface area contributed by atoms with Gasteiger partial charge in [-0.25, -0.2) is 8.42 Å². The van der Waals surface area contributed by atoms with Gasteiger partial charge in [-0.05, 0) is 12.8 Å². The number of halogens is 3. The quantitative estimate of drug-likeness (QED) is 0.805. The van der Waals surface area contributed by atoms with Gasteiger partial charge in [-0.15, -0.1) is 0 Å². The van der Waals surface area contributed by atoms with E-state index < -0.39 is 40.3 Å². The van der Waals surface area contributed by atoms with Crippen molar-refractivity contribution in [1.29, 1.82) is 0 Å². The predicted octanol–water partition coefficient (Wildman–Crippen LogP) is 1.47. The Morgan fingerprint density at radius 1 is 1.33 bits per heavy atom. The van der Waals surface area contributed by atoms with E-state index >= 15 is 0 Å². The maximum absolute atomic E-state index is 11.9. The summed E-state index contributed by atoms with van der Waals surface area (Å²) in [6.07, 6.45) is -4.18. The maximum Gasteiger partial charge on any atom is 0.389 e. The van der Waals surface area contributed by atoms with E-state index in [1.165, 1.54) is 4.31 Å². The van der Waals surface area contributed by atoms with Crippen LogP contribution in [0.2, 0.25) is 0 Å². The van der Waals surface area contributed by atoms with Crippen LogP contribution < -0.4 is 5.73 Å². The first-order valence-electron chi connectivity index (χ1n) is 5.91. The monoisotopic (exact) mass is 288 g/mol. The number of rotatable bonds is 6. The van der Waals surface area contributed by atoms with Crippen LogP contribution in [0.1, 0.15) is 32.6 Å². The lowest BCUT2D eigenvalue weighted by Crippen LogP contribution is -2.68.